The first-order valence-electron chi connectivity index (χ1n) is 7.75. The first kappa shape index (κ1) is 17.3. The molecular formula is C18H21N3O3. The van der Waals surface area contributed by atoms with Crippen LogP contribution in [0.4, 0.5) is 11.4 Å². The van der Waals surface area contributed by atoms with Gasteiger partial charge in [0.15, 0.2) is 0 Å². The molecule has 0 aliphatic rings. The highest BCUT2D eigenvalue weighted by molar-refractivity contribution is 5.89. The van der Waals surface area contributed by atoms with Crippen LogP contribution in [-0.2, 0) is 0 Å². The molecule has 0 atom stereocenters. The van der Waals surface area contributed by atoms with Gasteiger partial charge in [0.05, 0.1) is 17.5 Å². The number of phenols is 1. The molecule has 2 aromatic carbocycles. The maximum absolute atomic E-state index is 10.9. The molecular weight excluding hydrogens is 306 g/mol. The average Bonchev–Trinajstić information content (AvgIpc) is 2.58. The Labute approximate surface area is 141 Å². The molecule has 0 saturated carbocycles. The lowest BCUT2D eigenvalue weighted by Crippen LogP contribution is -2.21. The highest BCUT2D eigenvalue weighted by Crippen LogP contribution is 2.23. The standard InChI is InChI=1S/C18H21N3O3/c1-3-21(4-2)16-9-8-14(17(22)11-16)12-19-20-15-7-5-6-13(10-15)18(23)24/h5-12,20,22H,3-4H2,1-2H3,(H,23,24)/b19-12+. The number of carbonyl (C=O) groups is 1. The predicted molar refractivity (Wildman–Crippen MR) is 96.3 cm³/mol. The van der Waals surface area contributed by atoms with Gasteiger partial charge < -0.3 is 15.1 Å². The maximum Gasteiger partial charge on any atom is 0.335 e. The van der Waals surface area contributed by atoms with E-state index in [1.165, 1.54) is 18.3 Å². The van der Waals surface area contributed by atoms with Gasteiger partial charge in [0.25, 0.3) is 0 Å². The van der Waals surface area contributed by atoms with Gasteiger partial charge in [0.2, 0.25) is 0 Å². The zero-order valence-electron chi connectivity index (χ0n) is 13.7. The summed E-state index contributed by atoms with van der Waals surface area (Å²) in [7, 11) is 0. The topological polar surface area (TPSA) is 85.2 Å². The summed E-state index contributed by atoms with van der Waals surface area (Å²) in [6, 6.07) is 11.8. The number of carboxylic acid groups (broad SMARTS) is 1. The second kappa shape index (κ2) is 8.01. The number of rotatable bonds is 7. The fraction of sp³-hybridized carbons (Fsp3) is 0.222. The van der Waals surface area contributed by atoms with Gasteiger partial charge in [-0.2, -0.15) is 5.10 Å². The van der Waals surface area contributed by atoms with Crippen molar-refractivity contribution in [3.05, 3.63) is 53.6 Å². The van der Waals surface area contributed by atoms with Gasteiger partial charge in [-0.05, 0) is 44.2 Å². The molecule has 2 aromatic rings. The van der Waals surface area contributed by atoms with Gasteiger partial charge in [0.1, 0.15) is 5.75 Å². The second-order valence-corrected chi connectivity index (χ2v) is 5.17. The number of hydrogen-bond acceptors (Lipinski definition) is 5. The molecule has 3 N–H and O–H groups in total. The quantitative estimate of drug-likeness (QED) is 0.536. The first-order chi connectivity index (χ1) is 11.5. The van der Waals surface area contributed by atoms with Crippen LogP contribution in [-0.4, -0.2) is 35.5 Å². The Bertz CT molecular complexity index is 740. The number of phenolic OH excluding ortho intramolecular Hbond substituents is 1. The Balaban J connectivity index is 2.09. The van der Waals surface area contributed by atoms with Crippen LogP contribution in [0.3, 0.4) is 0 Å². The van der Waals surface area contributed by atoms with Crippen LogP contribution in [0.15, 0.2) is 47.6 Å². The number of benzene rings is 2. The second-order valence-electron chi connectivity index (χ2n) is 5.17. The van der Waals surface area contributed by atoms with Crippen molar-refractivity contribution in [1.82, 2.24) is 0 Å². The van der Waals surface area contributed by atoms with E-state index in [0.29, 0.717) is 11.3 Å². The van der Waals surface area contributed by atoms with Gasteiger partial charge in [-0.1, -0.05) is 6.07 Å². The monoisotopic (exact) mass is 327 g/mol. The van der Waals surface area contributed by atoms with E-state index >= 15 is 0 Å². The van der Waals surface area contributed by atoms with Crippen molar-refractivity contribution in [2.45, 2.75) is 13.8 Å². The fourth-order valence-electron chi connectivity index (χ4n) is 2.32. The number of carboxylic acids is 1. The predicted octanol–water partition coefficient (Wildman–Crippen LogP) is 3.38. The van der Waals surface area contributed by atoms with E-state index in [2.05, 4.69) is 29.3 Å². The van der Waals surface area contributed by atoms with Crippen molar-refractivity contribution < 1.29 is 15.0 Å². The largest absolute Gasteiger partial charge is 0.507 e. The van der Waals surface area contributed by atoms with E-state index in [-0.39, 0.29) is 11.3 Å². The van der Waals surface area contributed by atoms with Crippen molar-refractivity contribution in [1.29, 1.82) is 0 Å². The molecule has 0 saturated heterocycles. The van der Waals surface area contributed by atoms with E-state index in [4.69, 9.17) is 5.11 Å². The number of hydrazone groups is 1. The van der Waals surface area contributed by atoms with E-state index in [9.17, 15) is 9.90 Å². The minimum absolute atomic E-state index is 0.143. The lowest BCUT2D eigenvalue weighted by atomic mass is 10.2. The molecule has 6 nitrogen and oxygen atoms in total. The summed E-state index contributed by atoms with van der Waals surface area (Å²) in [5, 5.41) is 23.1. The summed E-state index contributed by atoms with van der Waals surface area (Å²) >= 11 is 0. The van der Waals surface area contributed by atoms with Crippen molar-refractivity contribution in [2.24, 2.45) is 5.10 Å². The molecule has 126 valence electrons. The number of nitrogens with one attached hydrogen (secondary N) is 1. The lowest BCUT2D eigenvalue weighted by molar-refractivity contribution is 0.0697. The molecule has 0 aliphatic carbocycles. The van der Waals surface area contributed by atoms with Crippen molar-refractivity contribution in [3.8, 4) is 5.75 Å². The molecule has 0 fully saturated rings. The third-order valence-corrected chi connectivity index (χ3v) is 3.65. The smallest absolute Gasteiger partial charge is 0.335 e. The van der Waals surface area contributed by atoms with Crippen LogP contribution in [0.2, 0.25) is 0 Å². The zero-order chi connectivity index (χ0) is 17.5. The molecule has 2 rings (SSSR count). The van der Waals surface area contributed by atoms with Gasteiger partial charge in [0, 0.05) is 30.4 Å². The zero-order valence-corrected chi connectivity index (χ0v) is 13.7. The third-order valence-electron chi connectivity index (χ3n) is 3.65. The molecule has 0 bridgehead atoms. The Morgan fingerprint density at radius 3 is 2.58 bits per heavy atom. The van der Waals surface area contributed by atoms with Gasteiger partial charge in [-0.25, -0.2) is 4.79 Å². The highest BCUT2D eigenvalue weighted by atomic mass is 16.4. The number of anilines is 2. The Morgan fingerprint density at radius 2 is 1.96 bits per heavy atom. The Hall–Kier alpha value is -3.02. The summed E-state index contributed by atoms with van der Waals surface area (Å²) in [6.45, 7) is 5.85. The number of hydrogen-bond donors (Lipinski definition) is 3. The van der Waals surface area contributed by atoms with Gasteiger partial charge in [-0.3, -0.25) is 5.43 Å². The molecule has 0 radical (unpaired) electrons. The minimum atomic E-state index is -0.993. The molecule has 0 unspecified atom stereocenters. The number of aromatic carboxylic acids is 1. The molecule has 24 heavy (non-hydrogen) atoms. The molecule has 0 heterocycles. The lowest BCUT2D eigenvalue weighted by Gasteiger charge is -2.21. The van der Waals surface area contributed by atoms with E-state index in [0.717, 1.165) is 18.8 Å². The van der Waals surface area contributed by atoms with Gasteiger partial charge in [-0.15, -0.1) is 0 Å². The molecule has 0 aliphatic heterocycles. The summed E-state index contributed by atoms with van der Waals surface area (Å²) in [5.74, 6) is -0.850. The van der Waals surface area contributed by atoms with Crippen molar-refractivity contribution in [3.63, 3.8) is 0 Å². The summed E-state index contributed by atoms with van der Waals surface area (Å²) in [4.78, 5) is 13.1. The molecule has 0 amide bonds. The third kappa shape index (κ3) is 4.25. The summed E-state index contributed by atoms with van der Waals surface area (Å²) < 4.78 is 0. The summed E-state index contributed by atoms with van der Waals surface area (Å²) in [5.41, 5.74) is 5.03. The highest BCUT2D eigenvalue weighted by Gasteiger charge is 2.06. The molecule has 0 aromatic heterocycles. The van der Waals surface area contributed by atoms with Crippen LogP contribution >= 0.6 is 0 Å². The SMILES string of the molecule is CCN(CC)c1ccc(/C=N/Nc2cccc(C(=O)O)c2)c(O)c1. The number of nitrogens with zero attached hydrogens (tertiary/aromatic N) is 2. The van der Waals surface area contributed by atoms with E-state index in [1.54, 1.807) is 24.3 Å². The molecule has 0 spiro atoms. The normalized spacial score (nSPS) is 10.8. The summed E-state index contributed by atoms with van der Waals surface area (Å²) in [6.07, 6.45) is 1.49. The van der Waals surface area contributed by atoms with E-state index < -0.39 is 5.97 Å². The number of aromatic hydroxyl groups is 1. The maximum atomic E-state index is 10.9. The minimum Gasteiger partial charge on any atom is -0.507 e. The average molecular weight is 327 g/mol. The van der Waals surface area contributed by atoms with Crippen LogP contribution < -0.4 is 10.3 Å². The fourth-order valence-corrected chi connectivity index (χ4v) is 2.32. The van der Waals surface area contributed by atoms with E-state index in [1.807, 2.05) is 6.07 Å². The van der Waals surface area contributed by atoms with Gasteiger partial charge >= 0.3 is 5.97 Å². The Morgan fingerprint density at radius 1 is 1.21 bits per heavy atom. The van der Waals surface area contributed by atoms with Crippen LogP contribution in [0.1, 0.15) is 29.8 Å². The molecule has 6 heteroatoms. The van der Waals surface area contributed by atoms with Crippen LogP contribution in [0.25, 0.3) is 0 Å². The van der Waals surface area contributed by atoms with Crippen molar-refractivity contribution >= 4 is 23.6 Å². The van der Waals surface area contributed by atoms with Crippen LogP contribution in [0, 0.1) is 0 Å². The van der Waals surface area contributed by atoms with Crippen molar-refractivity contribution in [2.75, 3.05) is 23.4 Å². The van der Waals surface area contributed by atoms with Crippen LogP contribution in [0.5, 0.6) is 5.75 Å². The first-order valence-corrected chi connectivity index (χ1v) is 7.75. The Kier molecular flexibility index (Phi) is 5.78.